The molecular formula is C18H11NO2S. The number of fused-ring (bicyclic) bond motifs is 3. The summed E-state index contributed by atoms with van der Waals surface area (Å²) in [5, 5.41) is 13.6. The van der Waals surface area contributed by atoms with E-state index in [-0.39, 0.29) is 10.6 Å². The highest BCUT2D eigenvalue weighted by atomic mass is 32.1. The maximum atomic E-state index is 11.3. The van der Waals surface area contributed by atoms with Gasteiger partial charge in [0.1, 0.15) is 0 Å². The average molecular weight is 305 g/mol. The Morgan fingerprint density at radius 3 is 2.32 bits per heavy atom. The minimum atomic E-state index is -0.317. The molecule has 0 fully saturated rings. The van der Waals surface area contributed by atoms with Gasteiger partial charge in [-0.2, -0.15) is 0 Å². The predicted octanol–water partition coefficient (Wildman–Crippen LogP) is 5.63. The summed E-state index contributed by atoms with van der Waals surface area (Å²) in [6.45, 7) is 0. The predicted molar refractivity (Wildman–Crippen MR) is 91.4 cm³/mol. The first-order valence-electron chi connectivity index (χ1n) is 6.90. The van der Waals surface area contributed by atoms with E-state index in [4.69, 9.17) is 0 Å². The van der Waals surface area contributed by atoms with Crippen LogP contribution in [0.3, 0.4) is 0 Å². The summed E-state index contributed by atoms with van der Waals surface area (Å²) in [6.07, 6.45) is 0. The van der Waals surface area contributed by atoms with E-state index in [0.29, 0.717) is 5.56 Å². The highest BCUT2D eigenvalue weighted by Gasteiger charge is 2.18. The van der Waals surface area contributed by atoms with Gasteiger partial charge in [-0.3, -0.25) is 10.1 Å². The Balaban J connectivity index is 2.14. The standard InChI is InChI=1S/C18H11NO2S/c20-19(21)15-9-3-1-6-12(15)13-8-5-11-17-18(13)14-7-2-4-10-16(14)22-17/h1-11H. The second-order valence-corrected chi connectivity index (χ2v) is 6.13. The van der Waals surface area contributed by atoms with E-state index in [9.17, 15) is 10.1 Å². The van der Waals surface area contributed by atoms with Crippen LogP contribution in [-0.2, 0) is 0 Å². The molecule has 0 unspecified atom stereocenters. The first-order valence-corrected chi connectivity index (χ1v) is 7.71. The van der Waals surface area contributed by atoms with Gasteiger partial charge in [0.15, 0.2) is 0 Å². The van der Waals surface area contributed by atoms with Crippen molar-refractivity contribution in [2.24, 2.45) is 0 Å². The van der Waals surface area contributed by atoms with Gasteiger partial charge in [0, 0.05) is 26.2 Å². The van der Waals surface area contributed by atoms with Crippen LogP contribution in [-0.4, -0.2) is 4.92 Å². The van der Waals surface area contributed by atoms with Gasteiger partial charge in [-0.1, -0.05) is 42.5 Å². The van der Waals surface area contributed by atoms with Crippen LogP contribution in [0.5, 0.6) is 0 Å². The van der Waals surface area contributed by atoms with Gasteiger partial charge in [-0.05, 0) is 23.8 Å². The largest absolute Gasteiger partial charge is 0.277 e. The average Bonchev–Trinajstić information content (AvgIpc) is 2.93. The quantitative estimate of drug-likeness (QED) is 0.356. The van der Waals surface area contributed by atoms with Crippen LogP contribution in [0.25, 0.3) is 31.3 Å². The molecule has 0 saturated carbocycles. The monoisotopic (exact) mass is 305 g/mol. The third kappa shape index (κ3) is 1.89. The summed E-state index contributed by atoms with van der Waals surface area (Å²) in [4.78, 5) is 11.0. The number of nitro benzene ring substituents is 1. The van der Waals surface area contributed by atoms with Crippen LogP contribution < -0.4 is 0 Å². The zero-order chi connectivity index (χ0) is 15.1. The molecular weight excluding hydrogens is 294 g/mol. The van der Waals surface area contributed by atoms with Crippen molar-refractivity contribution in [3.63, 3.8) is 0 Å². The third-order valence-corrected chi connectivity index (χ3v) is 4.93. The van der Waals surface area contributed by atoms with Crippen LogP contribution >= 0.6 is 11.3 Å². The number of nitrogens with zero attached hydrogens (tertiary/aromatic N) is 1. The number of thiophene rings is 1. The lowest BCUT2D eigenvalue weighted by Crippen LogP contribution is -1.91. The molecule has 3 nitrogen and oxygen atoms in total. The molecule has 3 aromatic carbocycles. The molecule has 0 atom stereocenters. The second-order valence-electron chi connectivity index (χ2n) is 5.05. The smallest absolute Gasteiger partial charge is 0.258 e. The lowest BCUT2D eigenvalue weighted by atomic mass is 9.98. The number of nitro groups is 1. The fraction of sp³-hybridized carbons (Fsp3) is 0. The van der Waals surface area contributed by atoms with Gasteiger partial charge < -0.3 is 0 Å². The van der Waals surface area contributed by atoms with Crippen molar-refractivity contribution in [2.45, 2.75) is 0 Å². The molecule has 106 valence electrons. The Hall–Kier alpha value is -2.72. The molecule has 4 rings (SSSR count). The van der Waals surface area contributed by atoms with Crippen LogP contribution in [0.2, 0.25) is 0 Å². The van der Waals surface area contributed by atoms with Crippen molar-refractivity contribution < 1.29 is 4.92 Å². The van der Waals surface area contributed by atoms with Crippen LogP contribution in [0.4, 0.5) is 5.69 Å². The minimum absolute atomic E-state index is 0.144. The number of benzene rings is 3. The van der Waals surface area contributed by atoms with Crippen molar-refractivity contribution in [2.75, 3.05) is 0 Å². The van der Waals surface area contributed by atoms with Gasteiger partial charge >= 0.3 is 0 Å². The van der Waals surface area contributed by atoms with Gasteiger partial charge in [-0.15, -0.1) is 11.3 Å². The van der Waals surface area contributed by atoms with Crippen molar-refractivity contribution in [1.29, 1.82) is 0 Å². The molecule has 0 amide bonds. The molecule has 22 heavy (non-hydrogen) atoms. The van der Waals surface area contributed by atoms with E-state index in [1.165, 1.54) is 4.70 Å². The molecule has 0 bridgehead atoms. The maximum Gasteiger partial charge on any atom is 0.277 e. The highest BCUT2D eigenvalue weighted by molar-refractivity contribution is 7.25. The third-order valence-electron chi connectivity index (χ3n) is 3.79. The van der Waals surface area contributed by atoms with Gasteiger partial charge in [-0.25, -0.2) is 0 Å². The van der Waals surface area contributed by atoms with Crippen molar-refractivity contribution in [3.8, 4) is 11.1 Å². The Kier molecular flexibility index (Phi) is 2.91. The molecule has 4 aromatic rings. The van der Waals surface area contributed by atoms with Crippen molar-refractivity contribution in [3.05, 3.63) is 76.8 Å². The summed E-state index contributed by atoms with van der Waals surface area (Å²) in [5.41, 5.74) is 1.73. The fourth-order valence-electron chi connectivity index (χ4n) is 2.86. The fourth-order valence-corrected chi connectivity index (χ4v) is 3.99. The highest BCUT2D eigenvalue weighted by Crippen LogP contribution is 2.41. The Morgan fingerprint density at radius 2 is 1.45 bits per heavy atom. The summed E-state index contributed by atoms with van der Waals surface area (Å²) in [5.74, 6) is 0. The Labute approximate surface area is 130 Å². The molecule has 1 heterocycles. The van der Waals surface area contributed by atoms with Gasteiger partial charge in [0.2, 0.25) is 0 Å². The van der Waals surface area contributed by atoms with Gasteiger partial charge in [0.25, 0.3) is 5.69 Å². The number of hydrogen-bond acceptors (Lipinski definition) is 3. The van der Waals surface area contributed by atoms with E-state index < -0.39 is 0 Å². The SMILES string of the molecule is O=[N+]([O-])c1ccccc1-c1cccc2sc3ccccc3c12. The van der Waals surface area contributed by atoms with Crippen LogP contribution in [0.1, 0.15) is 0 Å². The Bertz CT molecular complexity index is 1020. The number of hydrogen-bond donors (Lipinski definition) is 0. The second kappa shape index (κ2) is 4.93. The molecule has 0 spiro atoms. The molecule has 0 saturated heterocycles. The van der Waals surface area contributed by atoms with E-state index in [1.54, 1.807) is 23.5 Å². The van der Waals surface area contributed by atoms with E-state index in [1.807, 2.05) is 36.4 Å². The molecule has 0 aliphatic heterocycles. The first-order chi connectivity index (χ1) is 10.8. The van der Waals surface area contributed by atoms with E-state index in [0.717, 1.165) is 21.0 Å². The molecule has 4 heteroatoms. The summed E-state index contributed by atoms with van der Waals surface area (Å²) in [6, 6.07) is 21.1. The molecule has 1 aromatic heterocycles. The zero-order valence-electron chi connectivity index (χ0n) is 11.5. The minimum Gasteiger partial charge on any atom is -0.258 e. The number of para-hydroxylation sites is 1. The van der Waals surface area contributed by atoms with Gasteiger partial charge in [0.05, 0.1) is 10.5 Å². The lowest BCUT2D eigenvalue weighted by Gasteiger charge is -2.05. The summed E-state index contributed by atoms with van der Waals surface area (Å²) < 4.78 is 2.35. The summed E-state index contributed by atoms with van der Waals surface area (Å²) in [7, 11) is 0. The molecule has 0 aliphatic rings. The van der Waals surface area contributed by atoms with Crippen LogP contribution in [0.15, 0.2) is 66.7 Å². The van der Waals surface area contributed by atoms with E-state index in [2.05, 4.69) is 18.2 Å². The Morgan fingerprint density at radius 1 is 0.773 bits per heavy atom. The number of rotatable bonds is 2. The topological polar surface area (TPSA) is 43.1 Å². The molecule has 0 N–H and O–H groups in total. The van der Waals surface area contributed by atoms with Crippen LogP contribution in [0, 0.1) is 10.1 Å². The maximum absolute atomic E-state index is 11.3. The first kappa shape index (κ1) is 13.0. The molecule has 0 radical (unpaired) electrons. The van der Waals surface area contributed by atoms with E-state index >= 15 is 0 Å². The van der Waals surface area contributed by atoms with Crippen molar-refractivity contribution >= 4 is 37.2 Å². The zero-order valence-corrected chi connectivity index (χ0v) is 12.3. The van der Waals surface area contributed by atoms with Crippen molar-refractivity contribution in [1.82, 2.24) is 0 Å². The normalized spacial score (nSPS) is 11.1. The lowest BCUT2D eigenvalue weighted by molar-refractivity contribution is -0.384. The summed E-state index contributed by atoms with van der Waals surface area (Å²) >= 11 is 1.71. The molecule has 0 aliphatic carbocycles.